The summed E-state index contributed by atoms with van der Waals surface area (Å²) in [5.74, 6) is 1.94. The Bertz CT molecular complexity index is 366. The lowest BCUT2D eigenvalue weighted by atomic mass is 9.70. The smallest absolute Gasteiger partial charge is 0.124 e. The van der Waals surface area contributed by atoms with Gasteiger partial charge in [0.05, 0.1) is 11.8 Å². The molecule has 1 saturated heterocycles. The second-order valence-corrected chi connectivity index (χ2v) is 6.10. The number of rotatable bonds is 2. The summed E-state index contributed by atoms with van der Waals surface area (Å²) in [4.78, 5) is 2.74. The summed E-state index contributed by atoms with van der Waals surface area (Å²) in [6.45, 7) is 4.94. The first-order valence-electron chi connectivity index (χ1n) is 7.63. The molecule has 3 rings (SSSR count). The van der Waals surface area contributed by atoms with E-state index in [-0.39, 0.29) is 5.54 Å². The molecule has 0 bridgehead atoms. The maximum Gasteiger partial charge on any atom is 0.124 e. The minimum absolute atomic E-state index is 0.197. The molecule has 0 N–H and O–H groups in total. The zero-order valence-corrected chi connectivity index (χ0v) is 11.5. The molecule has 100 valence electrons. The van der Waals surface area contributed by atoms with Crippen LogP contribution in [0.3, 0.4) is 0 Å². The van der Waals surface area contributed by atoms with Crippen molar-refractivity contribution in [2.75, 3.05) is 13.1 Å². The van der Waals surface area contributed by atoms with E-state index in [1.54, 1.807) is 0 Å². The average molecular weight is 247 g/mol. The normalized spacial score (nSPS) is 34.6. The zero-order valence-electron chi connectivity index (χ0n) is 11.5. The molecular formula is C16H25NO. The number of likely N-dealkylation sites (tertiary alicyclic amines) is 1. The van der Waals surface area contributed by atoms with Crippen LogP contribution >= 0.6 is 0 Å². The Kier molecular flexibility index (Phi) is 3.47. The van der Waals surface area contributed by atoms with Crippen LogP contribution in [0.5, 0.6) is 0 Å². The van der Waals surface area contributed by atoms with Gasteiger partial charge >= 0.3 is 0 Å². The number of piperidine rings is 1. The predicted molar refractivity (Wildman–Crippen MR) is 73.4 cm³/mol. The van der Waals surface area contributed by atoms with Gasteiger partial charge in [-0.1, -0.05) is 26.2 Å². The van der Waals surface area contributed by atoms with Crippen molar-refractivity contribution in [3.8, 4) is 0 Å². The van der Waals surface area contributed by atoms with Crippen molar-refractivity contribution in [1.82, 2.24) is 4.90 Å². The first kappa shape index (κ1) is 12.3. The fourth-order valence-corrected chi connectivity index (χ4v) is 4.14. The van der Waals surface area contributed by atoms with Gasteiger partial charge in [-0.05, 0) is 56.8 Å². The molecule has 1 aromatic rings. The van der Waals surface area contributed by atoms with E-state index < -0.39 is 0 Å². The lowest BCUT2D eigenvalue weighted by Gasteiger charge is -2.50. The predicted octanol–water partition coefficient (Wildman–Crippen LogP) is 4.17. The van der Waals surface area contributed by atoms with Crippen LogP contribution in [0, 0.1) is 5.92 Å². The highest BCUT2D eigenvalue weighted by Gasteiger charge is 2.46. The van der Waals surface area contributed by atoms with Crippen LogP contribution in [0.4, 0.5) is 0 Å². The van der Waals surface area contributed by atoms with E-state index in [0.717, 1.165) is 5.92 Å². The maximum absolute atomic E-state index is 5.86. The third kappa shape index (κ3) is 1.91. The molecular weight excluding hydrogens is 222 g/mol. The van der Waals surface area contributed by atoms with E-state index in [2.05, 4.69) is 24.0 Å². The van der Waals surface area contributed by atoms with Gasteiger partial charge < -0.3 is 4.42 Å². The fourth-order valence-electron chi connectivity index (χ4n) is 4.14. The molecule has 0 aromatic carbocycles. The van der Waals surface area contributed by atoms with E-state index >= 15 is 0 Å². The van der Waals surface area contributed by atoms with Crippen molar-refractivity contribution in [2.24, 2.45) is 5.92 Å². The lowest BCUT2D eigenvalue weighted by Crippen LogP contribution is -2.53. The van der Waals surface area contributed by atoms with Crippen LogP contribution in [0.1, 0.15) is 57.6 Å². The van der Waals surface area contributed by atoms with Gasteiger partial charge in [0.25, 0.3) is 0 Å². The van der Waals surface area contributed by atoms with E-state index in [1.807, 2.05) is 6.26 Å². The third-order valence-corrected chi connectivity index (χ3v) is 5.13. The molecule has 0 amide bonds. The zero-order chi connectivity index (χ0) is 12.4. The van der Waals surface area contributed by atoms with Gasteiger partial charge in [-0.3, -0.25) is 4.90 Å². The average Bonchev–Trinajstić information content (AvgIpc) is 2.95. The summed E-state index contributed by atoms with van der Waals surface area (Å²) in [7, 11) is 0. The molecule has 2 fully saturated rings. The van der Waals surface area contributed by atoms with Crippen molar-refractivity contribution in [3.05, 3.63) is 24.2 Å². The van der Waals surface area contributed by atoms with Gasteiger partial charge in [0.2, 0.25) is 0 Å². The summed E-state index contributed by atoms with van der Waals surface area (Å²) in [6.07, 6.45) is 11.3. The Hall–Kier alpha value is -0.760. The molecule has 18 heavy (non-hydrogen) atoms. The summed E-state index contributed by atoms with van der Waals surface area (Å²) in [5.41, 5.74) is 0.197. The van der Waals surface area contributed by atoms with Gasteiger partial charge in [-0.15, -0.1) is 0 Å². The summed E-state index contributed by atoms with van der Waals surface area (Å²) >= 11 is 0. The number of hydrogen-bond acceptors (Lipinski definition) is 2. The SMILES string of the molecule is C[C@@H]1CCCC[C@]1(c1ccco1)N1CCCCC1. The molecule has 1 aliphatic carbocycles. The third-order valence-electron chi connectivity index (χ3n) is 5.13. The summed E-state index contributed by atoms with van der Waals surface area (Å²) in [5, 5.41) is 0. The molecule has 1 saturated carbocycles. The standard InChI is InChI=1S/C16H25NO/c1-14-8-3-4-10-16(14,15-9-7-13-18-15)17-11-5-2-6-12-17/h7,9,13-14H,2-6,8,10-12H2,1H3/t14-,16+/m1/s1. The molecule has 0 spiro atoms. The van der Waals surface area contributed by atoms with Crippen molar-refractivity contribution in [2.45, 2.75) is 57.4 Å². The van der Waals surface area contributed by atoms with Gasteiger partial charge in [-0.2, -0.15) is 0 Å². The Labute approximate surface area is 110 Å². The molecule has 2 atom stereocenters. The van der Waals surface area contributed by atoms with E-state index in [1.165, 1.54) is 63.8 Å². The Morgan fingerprint density at radius 2 is 2.00 bits per heavy atom. The lowest BCUT2D eigenvalue weighted by molar-refractivity contribution is -0.0266. The van der Waals surface area contributed by atoms with Gasteiger partial charge in [-0.25, -0.2) is 0 Å². The second kappa shape index (κ2) is 5.08. The van der Waals surface area contributed by atoms with Crippen molar-refractivity contribution in [3.63, 3.8) is 0 Å². The minimum Gasteiger partial charge on any atom is -0.467 e. The molecule has 0 radical (unpaired) electrons. The van der Waals surface area contributed by atoms with Crippen LogP contribution in [-0.4, -0.2) is 18.0 Å². The molecule has 1 aliphatic heterocycles. The maximum atomic E-state index is 5.86. The topological polar surface area (TPSA) is 16.4 Å². The summed E-state index contributed by atoms with van der Waals surface area (Å²) in [6, 6.07) is 4.26. The highest BCUT2D eigenvalue weighted by molar-refractivity contribution is 5.16. The second-order valence-electron chi connectivity index (χ2n) is 6.10. The number of hydrogen-bond donors (Lipinski definition) is 0. The first-order chi connectivity index (χ1) is 8.84. The fraction of sp³-hybridized carbons (Fsp3) is 0.750. The van der Waals surface area contributed by atoms with E-state index in [0.29, 0.717) is 0 Å². The van der Waals surface area contributed by atoms with Crippen molar-refractivity contribution in [1.29, 1.82) is 0 Å². The number of nitrogens with zero attached hydrogens (tertiary/aromatic N) is 1. The molecule has 1 aromatic heterocycles. The largest absolute Gasteiger partial charge is 0.467 e. The van der Waals surface area contributed by atoms with Crippen LogP contribution < -0.4 is 0 Å². The Balaban J connectivity index is 1.96. The Morgan fingerprint density at radius 1 is 1.17 bits per heavy atom. The van der Waals surface area contributed by atoms with E-state index in [9.17, 15) is 0 Å². The molecule has 2 aliphatic rings. The van der Waals surface area contributed by atoms with Crippen LogP contribution in [0.25, 0.3) is 0 Å². The van der Waals surface area contributed by atoms with Crippen LogP contribution in [0.15, 0.2) is 22.8 Å². The molecule has 2 nitrogen and oxygen atoms in total. The van der Waals surface area contributed by atoms with Crippen LogP contribution in [0.2, 0.25) is 0 Å². The Morgan fingerprint density at radius 3 is 2.67 bits per heavy atom. The van der Waals surface area contributed by atoms with Gasteiger partial charge in [0.1, 0.15) is 5.76 Å². The van der Waals surface area contributed by atoms with E-state index in [4.69, 9.17) is 4.42 Å². The molecule has 2 heterocycles. The van der Waals surface area contributed by atoms with Gasteiger partial charge in [0.15, 0.2) is 0 Å². The molecule has 2 heteroatoms. The minimum atomic E-state index is 0.197. The molecule has 0 unspecified atom stereocenters. The highest BCUT2D eigenvalue weighted by atomic mass is 16.3. The number of furan rings is 1. The van der Waals surface area contributed by atoms with Crippen LogP contribution in [-0.2, 0) is 5.54 Å². The van der Waals surface area contributed by atoms with Gasteiger partial charge in [0, 0.05) is 0 Å². The van der Waals surface area contributed by atoms with Crippen molar-refractivity contribution < 1.29 is 4.42 Å². The first-order valence-corrected chi connectivity index (χ1v) is 7.63. The quantitative estimate of drug-likeness (QED) is 0.780. The monoisotopic (exact) mass is 247 g/mol. The highest BCUT2D eigenvalue weighted by Crippen LogP contribution is 2.47. The van der Waals surface area contributed by atoms with Crippen molar-refractivity contribution >= 4 is 0 Å². The summed E-state index contributed by atoms with van der Waals surface area (Å²) < 4.78 is 5.86.